The van der Waals surface area contributed by atoms with Gasteiger partial charge in [0.25, 0.3) is 0 Å². The van der Waals surface area contributed by atoms with E-state index in [2.05, 4.69) is 15.3 Å². The first-order valence-electron chi connectivity index (χ1n) is 9.37. The zero-order valence-corrected chi connectivity index (χ0v) is 14.8. The van der Waals surface area contributed by atoms with Crippen LogP contribution in [0.1, 0.15) is 31.5 Å². The highest BCUT2D eigenvalue weighted by molar-refractivity contribution is 5.92. The fourth-order valence-electron chi connectivity index (χ4n) is 3.74. The van der Waals surface area contributed by atoms with Crippen molar-refractivity contribution in [3.63, 3.8) is 0 Å². The van der Waals surface area contributed by atoms with Gasteiger partial charge in [-0.2, -0.15) is 0 Å². The number of anilines is 1. The lowest BCUT2D eigenvalue weighted by molar-refractivity contribution is 0.244. The van der Waals surface area contributed by atoms with Crippen LogP contribution in [0.5, 0.6) is 0 Å². The van der Waals surface area contributed by atoms with Gasteiger partial charge in [-0.1, -0.05) is 43.2 Å². The predicted octanol–water partition coefficient (Wildman–Crippen LogP) is 4.26. The average molecular weight is 348 g/mol. The molecule has 0 saturated heterocycles. The molecule has 2 N–H and O–H groups in total. The number of carbonyl (C=O) groups is 1. The Bertz CT molecular complexity index is 835. The van der Waals surface area contributed by atoms with Crippen LogP contribution in [0.25, 0.3) is 11.0 Å². The summed E-state index contributed by atoms with van der Waals surface area (Å²) in [6.45, 7) is 0.564. The molecule has 0 aliphatic heterocycles. The third-order valence-electron chi connectivity index (χ3n) is 5.02. The molecule has 5 heteroatoms. The predicted molar refractivity (Wildman–Crippen MR) is 104 cm³/mol. The number of fused-ring (bicyclic) bond motifs is 1. The number of para-hydroxylation sites is 3. The maximum Gasteiger partial charge on any atom is 0.322 e. The van der Waals surface area contributed by atoms with E-state index in [1.54, 1.807) is 0 Å². The van der Waals surface area contributed by atoms with Gasteiger partial charge in [0.05, 0.1) is 11.0 Å². The van der Waals surface area contributed by atoms with E-state index in [0.717, 1.165) is 35.4 Å². The Morgan fingerprint density at radius 1 is 1.08 bits per heavy atom. The second-order valence-corrected chi connectivity index (χ2v) is 6.83. The van der Waals surface area contributed by atoms with E-state index >= 15 is 0 Å². The standard InChI is InChI=1S/C21H24N4O/c26-21(22-15-14-20-23-18-12-6-7-13-19(18)24-20)25(17-10-4-5-11-17)16-8-2-1-3-9-16/h1-3,6-9,12-13,17H,4-5,10-11,14-15H2,(H,22,26)(H,23,24). The van der Waals surface area contributed by atoms with Crippen LogP contribution < -0.4 is 10.2 Å². The van der Waals surface area contributed by atoms with Crippen LogP contribution >= 0.6 is 0 Å². The minimum absolute atomic E-state index is 0.0146. The molecule has 5 nitrogen and oxygen atoms in total. The Labute approximate surface area is 153 Å². The molecule has 134 valence electrons. The highest BCUT2D eigenvalue weighted by atomic mass is 16.2. The fourth-order valence-corrected chi connectivity index (χ4v) is 3.74. The molecule has 0 bridgehead atoms. The Morgan fingerprint density at radius 3 is 2.58 bits per heavy atom. The van der Waals surface area contributed by atoms with Crippen LogP contribution in [-0.2, 0) is 6.42 Å². The summed E-state index contributed by atoms with van der Waals surface area (Å²) in [7, 11) is 0. The maximum atomic E-state index is 12.9. The Hall–Kier alpha value is -2.82. The number of nitrogens with one attached hydrogen (secondary N) is 2. The summed E-state index contributed by atoms with van der Waals surface area (Å²) >= 11 is 0. The summed E-state index contributed by atoms with van der Waals surface area (Å²) in [6.07, 6.45) is 5.23. The zero-order valence-electron chi connectivity index (χ0n) is 14.8. The van der Waals surface area contributed by atoms with Crippen LogP contribution in [0.3, 0.4) is 0 Å². The van der Waals surface area contributed by atoms with Crippen molar-refractivity contribution in [2.24, 2.45) is 0 Å². The number of urea groups is 1. The number of benzene rings is 2. The quantitative estimate of drug-likeness (QED) is 0.723. The molecule has 2 aromatic carbocycles. The van der Waals surface area contributed by atoms with Gasteiger partial charge in [-0.25, -0.2) is 9.78 Å². The molecular formula is C21H24N4O. The van der Waals surface area contributed by atoms with Crippen molar-refractivity contribution in [1.82, 2.24) is 15.3 Å². The van der Waals surface area contributed by atoms with E-state index in [0.29, 0.717) is 19.0 Å². The molecule has 2 amide bonds. The SMILES string of the molecule is O=C(NCCc1nc2ccccc2[nH]1)N(c1ccccc1)C1CCCC1. The number of amides is 2. The van der Waals surface area contributed by atoms with Crippen molar-refractivity contribution in [3.05, 3.63) is 60.4 Å². The Morgan fingerprint density at radius 2 is 1.81 bits per heavy atom. The number of aromatic nitrogens is 2. The van der Waals surface area contributed by atoms with E-state index in [-0.39, 0.29) is 6.03 Å². The van der Waals surface area contributed by atoms with Crippen LogP contribution in [-0.4, -0.2) is 28.6 Å². The lowest BCUT2D eigenvalue weighted by Gasteiger charge is -2.29. The van der Waals surface area contributed by atoms with Gasteiger partial charge in [0.2, 0.25) is 0 Å². The van der Waals surface area contributed by atoms with Crippen LogP contribution in [0, 0.1) is 0 Å². The molecule has 1 heterocycles. The highest BCUT2D eigenvalue weighted by Gasteiger charge is 2.27. The molecule has 0 unspecified atom stereocenters. The molecule has 0 atom stereocenters. The summed E-state index contributed by atoms with van der Waals surface area (Å²) in [5.41, 5.74) is 2.97. The van der Waals surface area contributed by atoms with Gasteiger partial charge in [0, 0.05) is 24.7 Å². The maximum absolute atomic E-state index is 12.9. The number of carbonyl (C=O) groups excluding carboxylic acids is 1. The number of imidazole rings is 1. The van der Waals surface area contributed by atoms with Crippen LogP contribution in [0.15, 0.2) is 54.6 Å². The molecule has 3 aromatic rings. The molecule has 26 heavy (non-hydrogen) atoms. The molecule has 4 rings (SSSR count). The summed E-state index contributed by atoms with van der Waals surface area (Å²) in [5.74, 6) is 0.902. The molecule has 1 aromatic heterocycles. The second-order valence-electron chi connectivity index (χ2n) is 6.83. The normalized spacial score (nSPS) is 14.6. The van der Waals surface area contributed by atoms with Crippen LogP contribution in [0.4, 0.5) is 10.5 Å². The van der Waals surface area contributed by atoms with E-state index in [1.807, 2.05) is 59.5 Å². The number of nitrogens with zero attached hydrogens (tertiary/aromatic N) is 2. The van der Waals surface area contributed by atoms with E-state index in [1.165, 1.54) is 12.8 Å². The molecule has 0 spiro atoms. The van der Waals surface area contributed by atoms with Crippen molar-refractivity contribution in [3.8, 4) is 0 Å². The number of hydrogen-bond acceptors (Lipinski definition) is 2. The largest absolute Gasteiger partial charge is 0.342 e. The van der Waals surface area contributed by atoms with Gasteiger partial charge in [-0.05, 0) is 37.1 Å². The van der Waals surface area contributed by atoms with Crippen LogP contribution in [0.2, 0.25) is 0 Å². The first kappa shape index (κ1) is 16.6. The first-order valence-corrected chi connectivity index (χ1v) is 9.37. The number of rotatable bonds is 5. The van der Waals surface area contributed by atoms with E-state index in [4.69, 9.17) is 0 Å². The second kappa shape index (κ2) is 7.60. The monoisotopic (exact) mass is 348 g/mol. The molecule has 1 fully saturated rings. The fraction of sp³-hybridized carbons (Fsp3) is 0.333. The smallest absolute Gasteiger partial charge is 0.322 e. The summed E-state index contributed by atoms with van der Waals surface area (Å²) in [6, 6.07) is 18.2. The molecule has 1 aliphatic rings. The third kappa shape index (κ3) is 3.57. The van der Waals surface area contributed by atoms with Gasteiger partial charge in [-0.15, -0.1) is 0 Å². The highest BCUT2D eigenvalue weighted by Crippen LogP contribution is 2.28. The van der Waals surface area contributed by atoms with Gasteiger partial charge < -0.3 is 10.3 Å². The number of H-pyrrole nitrogens is 1. The summed E-state index contributed by atoms with van der Waals surface area (Å²) < 4.78 is 0. The minimum atomic E-state index is -0.0146. The minimum Gasteiger partial charge on any atom is -0.342 e. The van der Waals surface area contributed by atoms with Crippen molar-refractivity contribution in [2.45, 2.75) is 38.1 Å². The number of hydrogen-bond donors (Lipinski definition) is 2. The van der Waals surface area contributed by atoms with Crippen molar-refractivity contribution in [1.29, 1.82) is 0 Å². The van der Waals surface area contributed by atoms with Gasteiger partial charge >= 0.3 is 6.03 Å². The Kier molecular flexibility index (Phi) is 4.86. The summed E-state index contributed by atoms with van der Waals surface area (Å²) in [4.78, 5) is 22.7. The zero-order chi connectivity index (χ0) is 17.8. The first-order chi connectivity index (χ1) is 12.8. The molecule has 1 saturated carbocycles. The van der Waals surface area contributed by atoms with Crippen molar-refractivity contribution in [2.75, 3.05) is 11.4 Å². The van der Waals surface area contributed by atoms with E-state index in [9.17, 15) is 4.79 Å². The van der Waals surface area contributed by atoms with Gasteiger partial charge in [0.1, 0.15) is 5.82 Å². The summed E-state index contributed by atoms with van der Waals surface area (Å²) in [5, 5.41) is 3.08. The van der Waals surface area contributed by atoms with Gasteiger partial charge in [-0.3, -0.25) is 4.90 Å². The lowest BCUT2D eigenvalue weighted by Crippen LogP contribution is -2.46. The molecule has 0 radical (unpaired) electrons. The topological polar surface area (TPSA) is 61.0 Å². The van der Waals surface area contributed by atoms with E-state index < -0.39 is 0 Å². The lowest BCUT2D eigenvalue weighted by atomic mass is 10.2. The average Bonchev–Trinajstić information content (AvgIpc) is 3.32. The molecular weight excluding hydrogens is 324 g/mol. The van der Waals surface area contributed by atoms with Gasteiger partial charge in [0.15, 0.2) is 0 Å². The molecule has 1 aliphatic carbocycles. The van der Waals surface area contributed by atoms with Crippen molar-refractivity contribution < 1.29 is 4.79 Å². The third-order valence-corrected chi connectivity index (χ3v) is 5.02. The van der Waals surface area contributed by atoms with Crippen molar-refractivity contribution >= 4 is 22.8 Å². The Balaban J connectivity index is 1.41. The number of aromatic amines is 1.